The summed E-state index contributed by atoms with van der Waals surface area (Å²) in [5.41, 5.74) is 6.46. The lowest BCUT2D eigenvalue weighted by atomic mass is 10.1. The molecule has 0 amide bonds. The molecule has 0 radical (unpaired) electrons. The molecule has 2 N–H and O–H groups in total. The van der Waals surface area contributed by atoms with Crippen LogP contribution in [0, 0.1) is 0 Å². The van der Waals surface area contributed by atoms with Crippen LogP contribution in [0.3, 0.4) is 0 Å². The minimum absolute atomic E-state index is 0.0796. The second-order valence-corrected chi connectivity index (χ2v) is 3.68. The van der Waals surface area contributed by atoms with Gasteiger partial charge < -0.3 is 10.5 Å². The molecule has 0 bridgehead atoms. The zero-order valence-corrected chi connectivity index (χ0v) is 8.25. The molecule has 13 heavy (non-hydrogen) atoms. The largest absolute Gasteiger partial charge is 0.366 e. The van der Waals surface area contributed by atoms with Crippen molar-refractivity contribution in [3.05, 3.63) is 11.6 Å². The summed E-state index contributed by atoms with van der Waals surface area (Å²) in [6, 6.07) is 0. The molecule has 3 heteroatoms. The third-order valence-electron chi connectivity index (χ3n) is 2.12. The van der Waals surface area contributed by atoms with Crippen molar-refractivity contribution in [2.75, 3.05) is 6.54 Å². The Kier molecular flexibility index (Phi) is 3.63. The van der Waals surface area contributed by atoms with E-state index in [1.54, 1.807) is 6.08 Å². The van der Waals surface area contributed by atoms with Crippen molar-refractivity contribution in [1.29, 1.82) is 0 Å². The van der Waals surface area contributed by atoms with E-state index in [1.165, 1.54) is 0 Å². The van der Waals surface area contributed by atoms with Crippen molar-refractivity contribution in [2.45, 2.75) is 38.9 Å². The number of carbonyl (C=O) groups excluding carboxylic acids is 1. The van der Waals surface area contributed by atoms with E-state index in [-0.39, 0.29) is 18.0 Å². The van der Waals surface area contributed by atoms with Gasteiger partial charge in [-0.3, -0.25) is 4.79 Å². The third kappa shape index (κ3) is 2.94. The minimum atomic E-state index is -0.247. The number of nitrogens with two attached hydrogens (primary N) is 1. The van der Waals surface area contributed by atoms with Gasteiger partial charge in [0, 0.05) is 6.54 Å². The van der Waals surface area contributed by atoms with Crippen LogP contribution in [0.25, 0.3) is 0 Å². The quantitative estimate of drug-likeness (QED) is 0.665. The van der Waals surface area contributed by atoms with Crippen LogP contribution in [0.4, 0.5) is 0 Å². The van der Waals surface area contributed by atoms with Crippen LogP contribution in [-0.4, -0.2) is 24.5 Å². The monoisotopic (exact) mass is 183 g/mol. The summed E-state index contributed by atoms with van der Waals surface area (Å²) in [7, 11) is 0. The van der Waals surface area contributed by atoms with E-state index in [2.05, 4.69) is 0 Å². The molecule has 0 aromatic carbocycles. The fourth-order valence-electron chi connectivity index (χ4n) is 1.47. The predicted molar refractivity (Wildman–Crippen MR) is 51.4 cm³/mol. The molecule has 1 fully saturated rings. The second kappa shape index (κ2) is 4.53. The van der Waals surface area contributed by atoms with Crippen LogP contribution in [-0.2, 0) is 9.53 Å². The average Bonchev–Trinajstić information content (AvgIpc) is 2.50. The SMILES string of the molecule is CC(C)=CC(=O)C1CCC(CN)O1. The highest BCUT2D eigenvalue weighted by Gasteiger charge is 2.28. The molecule has 0 spiro atoms. The highest BCUT2D eigenvalue weighted by molar-refractivity contribution is 5.94. The van der Waals surface area contributed by atoms with E-state index in [0.717, 1.165) is 18.4 Å². The van der Waals surface area contributed by atoms with Crippen molar-refractivity contribution in [3.8, 4) is 0 Å². The Balaban J connectivity index is 2.47. The third-order valence-corrected chi connectivity index (χ3v) is 2.12. The van der Waals surface area contributed by atoms with Crippen molar-refractivity contribution in [1.82, 2.24) is 0 Å². The average molecular weight is 183 g/mol. The first kappa shape index (κ1) is 10.4. The molecule has 1 aliphatic rings. The fraction of sp³-hybridized carbons (Fsp3) is 0.700. The standard InChI is InChI=1S/C10H17NO2/c1-7(2)5-9(12)10-4-3-8(6-11)13-10/h5,8,10H,3-4,6,11H2,1-2H3. The molecule has 0 saturated carbocycles. The zero-order valence-electron chi connectivity index (χ0n) is 8.25. The summed E-state index contributed by atoms with van der Waals surface area (Å²) in [5.74, 6) is 0.0796. The van der Waals surface area contributed by atoms with Gasteiger partial charge in [0.2, 0.25) is 0 Å². The molecule has 2 atom stereocenters. The van der Waals surface area contributed by atoms with Gasteiger partial charge in [0.05, 0.1) is 6.10 Å². The lowest BCUT2D eigenvalue weighted by Crippen LogP contribution is -2.24. The summed E-state index contributed by atoms with van der Waals surface area (Å²) in [4.78, 5) is 11.5. The van der Waals surface area contributed by atoms with Gasteiger partial charge in [0.15, 0.2) is 5.78 Å². The van der Waals surface area contributed by atoms with Crippen molar-refractivity contribution < 1.29 is 9.53 Å². The summed E-state index contributed by atoms with van der Waals surface area (Å²) in [6.07, 6.45) is 3.19. The maximum absolute atomic E-state index is 11.5. The van der Waals surface area contributed by atoms with Crippen LogP contribution in [0.15, 0.2) is 11.6 Å². The van der Waals surface area contributed by atoms with E-state index in [1.807, 2.05) is 13.8 Å². The highest BCUT2D eigenvalue weighted by Crippen LogP contribution is 2.20. The lowest BCUT2D eigenvalue weighted by Gasteiger charge is -2.09. The summed E-state index contributed by atoms with van der Waals surface area (Å²) in [5, 5.41) is 0. The highest BCUT2D eigenvalue weighted by atomic mass is 16.5. The molecular formula is C10H17NO2. The van der Waals surface area contributed by atoms with Gasteiger partial charge in [0.25, 0.3) is 0 Å². The first-order chi connectivity index (χ1) is 6.13. The van der Waals surface area contributed by atoms with Crippen LogP contribution in [0.2, 0.25) is 0 Å². The number of ether oxygens (including phenoxy) is 1. The second-order valence-electron chi connectivity index (χ2n) is 3.68. The number of rotatable bonds is 3. The molecule has 74 valence electrons. The maximum atomic E-state index is 11.5. The predicted octanol–water partition coefficient (Wildman–Crippen LogP) is 1.03. The number of ketones is 1. The number of carbonyl (C=O) groups is 1. The molecule has 0 aromatic heterocycles. The summed E-state index contributed by atoms with van der Waals surface area (Å²) < 4.78 is 5.45. The molecule has 1 heterocycles. The molecule has 1 rings (SSSR count). The molecule has 1 saturated heterocycles. The van der Waals surface area contributed by atoms with Crippen molar-refractivity contribution >= 4 is 5.78 Å². The summed E-state index contributed by atoms with van der Waals surface area (Å²) >= 11 is 0. The minimum Gasteiger partial charge on any atom is -0.366 e. The van der Waals surface area contributed by atoms with Gasteiger partial charge in [0.1, 0.15) is 6.10 Å². The van der Waals surface area contributed by atoms with E-state index in [4.69, 9.17) is 10.5 Å². The molecule has 0 aromatic rings. The lowest BCUT2D eigenvalue weighted by molar-refractivity contribution is -0.124. The van der Waals surface area contributed by atoms with Gasteiger partial charge in [-0.1, -0.05) is 5.57 Å². The number of hydrogen-bond acceptors (Lipinski definition) is 3. The summed E-state index contributed by atoms with van der Waals surface area (Å²) in [6.45, 7) is 4.33. The topological polar surface area (TPSA) is 52.3 Å². The number of allylic oxidation sites excluding steroid dienone is 1. The first-order valence-electron chi connectivity index (χ1n) is 4.67. The van der Waals surface area contributed by atoms with E-state index >= 15 is 0 Å². The Morgan fingerprint density at radius 1 is 1.54 bits per heavy atom. The molecular weight excluding hydrogens is 166 g/mol. The Morgan fingerprint density at radius 3 is 2.69 bits per heavy atom. The van der Waals surface area contributed by atoms with E-state index in [9.17, 15) is 4.79 Å². The smallest absolute Gasteiger partial charge is 0.184 e. The maximum Gasteiger partial charge on any atom is 0.184 e. The Hall–Kier alpha value is -0.670. The normalized spacial score (nSPS) is 27.3. The van der Waals surface area contributed by atoms with Crippen LogP contribution in [0.5, 0.6) is 0 Å². The van der Waals surface area contributed by atoms with Gasteiger partial charge in [-0.2, -0.15) is 0 Å². The molecule has 2 unspecified atom stereocenters. The van der Waals surface area contributed by atoms with Gasteiger partial charge in [-0.15, -0.1) is 0 Å². The zero-order chi connectivity index (χ0) is 9.84. The Labute approximate surface area is 78.9 Å². The fourth-order valence-corrected chi connectivity index (χ4v) is 1.47. The molecule has 3 nitrogen and oxygen atoms in total. The van der Waals surface area contributed by atoms with Gasteiger partial charge in [-0.25, -0.2) is 0 Å². The molecule has 1 aliphatic heterocycles. The van der Waals surface area contributed by atoms with E-state index < -0.39 is 0 Å². The van der Waals surface area contributed by atoms with Gasteiger partial charge >= 0.3 is 0 Å². The Bertz CT molecular complexity index is 219. The van der Waals surface area contributed by atoms with Crippen molar-refractivity contribution in [3.63, 3.8) is 0 Å². The van der Waals surface area contributed by atoms with Gasteiger partial charge in [-0.05, 0) is 32.8 Å². The first-order valence-corrected chi connectivity index (χ1v) is 4.67. The Morgan fingerprint density at radius 2 is 2.23 bits per heavy atom. The number of hydrogen-bond donors (Lipinski definition) is 1. The van der Waals surface area contributed by atoms with Crippen LogP contribution >= 0.6 is 0 Å². The van der Waals surface area contributed by atoms with Crippen LogP contribution in [0.1, 0.15) is 26.7 Å². The molecule has 0 aliphatic carbocycles. The van der Waals surface area contributed by atoms with Crippen molar-refractivity contribution in [2.24, 2.45) is 5.73 Å². The van der Waals surface area contributed by atoms with Crippen LogP contribution < -0.4 is 5.73 Å². The van der Waals surface area contributed by atoms with E-state index in [0.29, 0.717) is 6.54 Å².